The first kappa shape index (κ1) is 17.1. The molecule has 2 fully saturated rings. The van der Waals surface area contributed by atoms with Crippen molar-refractivity contribution in [1.29, 1.82) is 0 Å². The van der Waals surface area contributed by atoms with Crippen molar-refractivity contribution in [2.45, 2.75) is 58.2 Å². The van der Waals surface area contributed by atoms with Crippen LogP contribution in [0.15, 0.2) is 0 Å². The Labute approximate surface area is 131 Å². The Hall–Kier alpha value is -1.30. The van der Waals surface area contributed by atoms with Crippen molar-refractivity contribution in [1.82, 2.24) is 4.90 Å². The van der Waals surface area contributed by atoms with Crippen LogP contribution in [0.25, 0.3) is 0 Å². The highest BCUT2D eigenvalue weighted by Gasteiger charge is 2.52. The first-order valence-electron chi connectivity index (χ1n) is 7.92. The predicted octanol–water partition coefficient (Wildman–Crippen LogP) is 1.95. The Kier molecular flexibility index (Phi) is 4.70. The third-order valence-corrected chi connectivity index (χ3v) is 4.88. The Morgan fingerprint density at radius 3 is 2.27 bits per heavy atom. The van der Waals surface area contributed by atoms with E-state index < -0.39 is 17.6 Å². The molecule has 1 N–H and O–H groups in total. The first-order valence-corrected chi connectivity index (χ1v) is 7.92. The molecule has 1 aliphatic heterocycles. The number of hydrogen-bond acceptors (Lipinski definition) is 5. The van der Waals surface area contributed by atoms with E-state index in [0.29, 0.717) is 32.4 Å². The number of methoxy groups -OCH3 is 1. The summed E-state index contributed by atoms with van der Waals surface area (Å²) in [5.41, 5.74) is -0.771. The highest BCUT2D eigenvalue weighted by atomic mass is 16.6. The van der Waals surface area contributed by atoms with Crippen LogP contribution in [0.3, 0.4) is 0 Å². The summed E-state index contributed by atoms with van der Waals surface area (Å²) in [4.78, 5) is 25.5. The lowest BCUT2D eigenvalue weighted by molar-refractivity contribution is -0.150. The maximum atomic E-state index is 12.1. The molecule has 0 radical (unpaired) electrons. The molecule has 0 aromatic heterocycles. The average Bonchev–Trinajstić information content (AvgIpc) is 2.74. The van der Waals surface area contributed by atoms with Crippen molar-refractivity contribution >= 4 is 12.1 Å². The van der Waals surface area contributed by atoms with Crippen molar-refractivity contribution < 1.29 is 24.2 Å². The average molecular weight is 313 g/mol. The number of rotatable bonds is 1. The van der Waals surface area contributed by atoms with Crippen molar-refractivity contribution in [3.05, 3.63) is 0 Å². The van der Waals surface area contributed by atoms with E-state index in [9.17, 15) is 14.7 Å². The van der Waals surface area contributed by atoms with E-state index in [-0.39, 0.29) is 17.5 Å². The zero-order chi connectivity index (χ0) is 16.5. The molecule has 2 atom stereocenters. The molecule has 1 spiro atoms. The fraction of sp³-hybridized carbons (Fsp3) is 0.875. The number of aliphatic hydroxyl groups is 1. The molecule has 1 saturated heterocycles. The zero-order valence-corrected chi connectivity index (χ0v) is 13.9. The maximum Gasteiger partial charge on any atom is 0.410 e. The van der Waals surface area contributed by atoms with Gasteiger partial charge in [-0.3, -0.25) is 4.79 Å². The van der Waals surface area contributed by atoms with Crippen LogP contribution in [0.1, 0.15) is 46.5 Å². The van der Waals surface area contributed by atoms with Crippen LogP contribution in [0, 0.1) is 11.3 Å². The van der Waals surface area contributed by atoms with Crippen LogP contribution in [0.4, 0.5) is 4.79 Å². The third-order valence-electron chi connectivity index (χ3n) is 4.88. The molecular weight excluding hydrogens is 286 g/mol. The number of likely N-dealkylation sites (tertiary alicyclic amines) is 1. The molecule has 1 aliphatic carbocycles. The monoisotopic (exact) mass is 313 g/mol. The SMILES string of the molecule is COC(=O)[C@@H]1CCC2(CCN(C(=O)OC(C)(C)C)CC2)[C@H]1O. The second kappa shape index (κ2) is 6.07. The van der Waals surface area contributed by atoms with Gasteiger partial charge >= 0.3 is 12.1 Å². The summed E-state index contributed by atoms with van der Waals surface area (Å²) in [5, 5.41) is 10.5. The van der Waals surface area contributed by atoms with Crippen molar-refractivity contribution in [2.75, 3.05) is 20.2 Å². The van der Waals surface area contributed by atoms with Crippen molar-refractivity contribution in [3.63, 3.8) is 0 Å². The van der Waals surface area contributed by atoms with E-state index >= 15 is 0 Å². The first-order chi connectivity index (χ1) is 10.2. The lowest BCUT2D eigenvalue weighted by Crippen LogP contribution is -2.48. The second-order valence-electron chi connectivity index (χ2n) is 7.44. The largest absolute Gasteiger partial charge is 0.469 e. The Morgan fingerprint density at radius 1 is 1.18 bits per heavy atom. The number of carbonyl (C=O) groups is 2. The van der Waals surface area contributed by atoms with Gasteiger partial charge in [-0.2, -0.15) is 0 Å². The molecule has 0 aromatic rings. The van der Waals surface area contributed by atoms with Crippen LogP contribution in [-0.2, 0) is 14.3 Å². The van der Waals surface area contributed by atoms with Crippen LogP contribution in [-0.4, -0.2) is 54.0 Å². The highest BCUT2D eigenvalue weighted by Crippen LogP contribution is 2.49. The van der Waals surface area contributed by atoms with Gasteiger partial charge in [-0.15, -0.1) is 0 Å². The molecular formula is C16H27NO5. The molecule has 6 nitrogen and oxygen atoms in total. The highest BCUT2D eigenvalue weighted by molar-refractivity contribution is 5.73. The minimum Gasteiger partial charge on any atom is -0.469 e. The molecule has 0 bridgehead atoms. The van der Waals surface area contributed by atoms with E-state index in [2.05, 4.69) is 0 Å². The summed E-state index contributed by atoms with van der Waals surface area (Å²) in [5.74, 6) is -0.767. The zero-order valence-electron chi connectivity index (χ0n) is 13.9. The van der Waals surface area contributed by atoms with Gasteiger partial charge < -0.3 is 19.5 Å². The van der Waals surface area contributed by atoms with Gasteiger partial charge in [0, 0.05) is 18.5 Å². The number of ether oxygens (including phenoxy) is 2. The van der Waals surface area contributed by atoms with Gasteiger partial charge in [-0.1, -0.05) is 0 Å². The summed E-state index contributed by atoms with van der Waals surface area (Å²) in [6.07, 6.45) is 1.86. The molecule has 1 amide bonds. The smallest absolute Gasteiger partial charge is 0.410 e. The quantitative estimate of drug-likeness (QED) is 0.749. The number of amides is 1. The van der Waals surface area contributed by atoms with E-state index in [0.717, 1.165) is 6.42 Å². The van der Waals surface area contributed by atoms with Crippen LogP contribution in [0.5, 0.6) is 0 Å². The topological polar surface area (TPSA) is 76.1 Å². The molecule has 126 valence electrons. The van der Waals surface area contributed by atoms with Gasteiger partial charge in [-0.05, 0) is 46.5 Å². The lowest BCUT2D eigenvalue weighted by Gasteiger charge is -2.42. The predicted molar refractivity (Wildman–Crippen MR) is 80.2 cm³/mol. The molecule has 0 unspecified atom stereocenters. The normalized spacial score (nSPS) is 27.8. The molecule has 6 heteroatoms. The number of nitrogens with zero attached hydrogens (tertiary/aromatic N) is 1. The Morgan fingerprint density at radius 2 is 1.77 bits per heavy atom. The number of aliphatic hydroxyl groups excluding tert-OH is 1. The van der Waals surface area contributed by atoms with Crippen molar-refractivity contribution in [3.8, 4) is 0 Å². The molecule has 1 saturated carbocycles. The van der Waals surface area contributed by atoms with Gasteiger partial charge in [0.2, 0.25) is 0 Å². The Bertz CT molecular complexity index is 434. The molecule has 0 aromatic carbocycles. The summed E-state index contributed by atoms with van der Waals surface area (Å²) in [6.45, 7) is 6.65. The lowest BCUT2D eigenvalue weighted by atomic mass is 9.74. The van der Waals surface area contributed by atoms with E-state index in [1.807, 2.05) is 20.8 Å². The van der Waals surface area contributed by atoms with E-state index in [1.165, 1.54) is 7.11 Å². The molecule has 22 heavy (non-hydrogen) atoms. The summed E-state index contributed by atoms with van der Waals surface area (Å²) in [7, 11) is 1.35. The number of carbonyl (C=O) groups excluding carboxylic acids is 2. The summed E-state index contributed by atoms with van der Waals surface area (Å²) >= 11 is 0. The van der Waals surface area contributed by atoms with Gasteiger partial charge in [-0.25, -0.2) is 4.79 Å². The summed E-state index contributed by atoms with van der Waals surface area (Å²) < 4.78 is 10.2. The second-order valence-corrected chi connectivity index (χ2v) is 7.44. The molecule has 2 aliphatic rings. The molecule has 1 heterocycles. The van der Waals surface area contributed by atoms with E-state index in [4.69, 9.17) is 9.47 Å². The van der Waals surface area contributed by atoms with Gasteiger partial charge in [0.05, 0.1) is 19.1 Å². The minimum atomic E-state index is -0.680. The van der Waals surface area contributed by atoms with E-state index in [1.54, 1.807) is 4.90 Å². The summed E-state index contributed by atoms with van der Waals surface area (Å²) in [6, 6.07) is 0. The fourth-order valence-corrected chi connectivity index (χ4v) is 3.58. The van der Waals surface area contributed by atoms with Gasteiger partial charge in [0.1, 0.15) is 5.60 Å². The van der Waals surface area contributed by atoms with Crippen molar-refractivity contribution in [2.24, 2.45) is 11.3 Å². The number of piperidine rings is 1. The fourth-order valence-electron chi connectivity index (χ4n) is 3.58. The number of esters is 1. The van der Waals surface area contributed by atoms with Gasteiger partial charge in [0.25, 0.3) is 0 Å². The maximum absolute atomic E-state index is 12.1. The Balaban J connectivity index is 1.95. The minimum absolute atomic E-state index is 0.266. The van der Waals surface area contributed by atoms with Gasteiger partial charge in [0.15, 0.2) is 0 Å². The standard InChI is InChI=1S/C16H27NO5/c1-15(2,3)22-14(20)17-9-7-16(8-10-17)6-5-11(12(16)18)13(19)21-4/h11-12,18H,5-10H2,1-4H3/t11-,12+/m1/s1. The third kappa shape index (κ3) is 3.37. The van der Waals surface area contributed by atoms with Crippen LogP contribution >= 0.6 is 0 Å². The van der Waals surface area contributed by atoms with Crippen LogP contribution in [0.2, 0.25) is 0 Å². The molecule has 2 rings (SSSR count). The van der Waals surface area contributed by atoms with Crippen LogP contribution < -0.4 is 0 Å². The number of hydrogen-bond donors (Lipinski definition) is 1.